The van der Waals surface area contributed by atoms with Crippen LogP contribution in [0.4, 0.5) is 0 Å². The summed E-state index contributed by atoms with van der Waals surface area (Å²) >= 11 is 0. The number of nitrogens with zero attached hydrogens (tertiary/aromatic N) is 1. The van der Waals surface area contributed by atoms with Crippen LogP contribution in [0, 0.1) is 0 Å². The van der Waals surface area contributed by atoms with E-state index >= 15 is 0 Å². The molecule has 3 atom stereocenters. The first-order valence-corrected chi connectivity index (χ1v) is 10.2. The summed E-state index contributed by atoms with van der Waals surface area (Å²) in [5.74, 6) is -0.270. The molecule has 0 saturated carbocycles. The number of fused-ring (bicyclic) bond motifs is 1. The van der Waals surface area contributed by atoms with Gasteiger partial charge in [0.25, 0.3) is 0 Å². The number of amides is 1. The van der Waals surface area contributed by atoms with Gasteiger partial charge in [-0.3, -0.25) is 4.79 Å². The van der Waals surface area contributed by atoms with Crippen molar-refractivity contribution in [3.8, 4) is 0 Å². The van der Waals surface area contributed by atoms with Crippen molar-refractivity contribution in [3.05, 3.63) is 71.5 Å². The molecule has 0 saturated heterocycles. The predicted octanol–water partition coefficient (Wildman–Crippen LogP) is 4.02. The molecule has 0 fully saturated rings. The Morgan fingerprint density at radius 2 is 1.97 bits per heavy atom. The van der Waals surface area contributed by atoms with Gasteiger partial charge in [-0.25, -0.2) is 0 Å². The Morgan fingerprint density at radius 1 is 1.14 bits per heavy atom. The number of hydrogen-bond acceptors (Lipinski definition) is 2. The van der Waals surface area contributed by atoms with E-state index in [1.54, 1.807) is 0 Å². The molecule has 1 aliphatic heterocycles. The average molecular weight is 387 g/mol. The van der Waals surface area contributed by atoms with Gasteiger partial charge in [-0.15, -0.1) is 0 Å². The minimum Gasteiger partial charge on any atom is -0.373 e. The van der Waals surface area contributed by atoms with Crippen LogP contribution in [0.3, 0.4) is 0 Å². The molecule has 4 aromatic rings. The van der Waals surface area contributed by atoms with Crippen molar-refractivity contribution in [2.75, 3.05) is 0 Å². The summed E-state index contributed by atoms with van der Waals surface area (Å²) in [6, 6.07) is 14.6. The van der Waals surface area contributed by atoms with Crippen molar-refractivity contribution in [2.45, 2.75) is 44.4 Å². The summed E-state index contributed by atoms with van der Waals surface area (Å²) in [7, 11) is 0. The maximum absolute atomic E-state index is 11.2. The first-order valence-electron chi connectivity index (χ1n) is 10.2. The summed E-state index contributed by atoms with van der Waals surface area (Å²) < 4.78 is 2.31. The Hall–Kier alpha value is -3.05. The van der Waals surface area contributed by atoms with Crippen LogP contribution < -0.4 is 5.32 Å². The molecular formula is C24H25N3O2. The van der Waals surface area contributed by atoms with Crippen LogP contribution in [0.25, 0.3) is 21.8 Å². The van der Waals surface area contributed by atoms with Crippen LogP contribution in [0.2, 0.25) is 0 Å². The number of hydrogen-bond donors (Lipinski definition) is 3. The van der Waals surface area contributed by atoms with Gasteiger partial charge in [0.2, 0.25) is 6.41 Å². The molecule has 3 heterocycles. The van der Waals surface area contributed by atoms with Gasteiger partial charge in [-0.05, 0) is 41.5 Å². The van der Waals surface area contributed by atoms with E-state index in [0.717, 1.165) is 41.4 Å². The van der Waals surface area contributed by atoms with E-state index in [0.29, 0.717) is 6.41 Å². The number of benzene rings is 2. The molecule has 1 aliphatic rings. The van der Waals surface area contributed by atoms with Crippen LogP contribution in [0.1, 0.15) is 41.9 Å². The van der Waals surface area contributed by atoms with E-state index < -0.39 is 6.23 Å². The van der Waals surface area contributed by atoms with E-state index in [2.05, 4.69) is 58.3 Å². The lowest BCUT2D eigenvalue weighted by Gasteiger charge is -2.28. The minimum absolute atomic E-state index is 0.00272. The minimum atomic E-state index is -0.973. The molecule has 148 valence electrons. The molecule has 0 spiro atoms. The Morgan fingerprint density at radius 3 is 2.83 bits per heavy atom. The van der Waals surface area contributed by atoms with E-state index in [9.17, 15) is 9.90 Å². The predicted molar refractivity (Wildman–Crippen MR) is 115 cm³/mol. The first kappa shape index (κ1) is 18.0. The van der Waals surface area contributed by atoms with Gasteiger partial charge in [0, 0.05) is 41.1 Å². The third-order valence-electron chi connectivity index (χ3n) is 6.45. The molecule has 5 heteroatoms. The normalized spacial score (nSPS) is 16.6. The number of nitrogens with one attached hydrogen (secondary N) is 2. The Kier molecular flexibility index (Phi) is 4.40. The van der Waals surface area contributed by atoms with Crippen molar-refractivity contribution >= 4 is 28.2 Å². The van der Waals surface area contributed by atoms with Gasteiger partial charge >= 0.3 is 0 Å². The van der Waals surface area contributed by atoms with E-state index in [4.69, 9.17) is 0 Å². The molecule has 2 aromatic heterocycles. The molecule has 5 rings (SSSR count). The molecule has 1 amide bonds. The van der Waals surface area contributed by atoms with Crippen molar-refractivity contribution in [3.63, 3.8) is 0 Å². The highest BCUT2D eigenvalue weighted by Gasteiger charge is 2.32. The summed E-state index contributed by atoms with van der Waals surface area (Å²) in [4.78, 5) is 14.5. The van der Waals surface area contributed by atoms with Gasteiger partial charge in [0.05, 0.1) is 5.52 Å². The number of aliphatic hydroxyl groups excluding tert-OH is 1. The summed E-state index contributed by atoms with van der Waals surface area (Å²) in [5.41, 5.74) is 5.93. The number of carbonyl (C=O) groups is 1. The average Bonchev–Trinajstić information content (AvgIpc) is 3.32. The second-order valence-corrected chi connectivity index (χ2v) is 8.03. The fraction of sp³-hybridized carbons (Fsp3) is 0.292. The highest BCUT2D eigenvalue weighted by Crippen LogP contribution is 2.42. The second kappa shape index (κ2) is 7.08. The number of para-hydroxylation sites is 2. The maximum atomic E-state index is 11.2. The zero-order chi connectivity index (χ0) is 20.0. The fourth-order valence-electron chi connectivity index (χ4n) is 5.10. The number of H-pyrrole nitrogens is 1. The molecule has 2 aromatic carbocycles. The second-order valence-electron chi connectivity index (χ2n) is 8.03. The third kappa shape index (κ3) is 2.85. The topological polar surface area (TPSA) is 70.1 Å². The number of aromatic nitrogens is 2. The molecular weight excluding hydrogens is 362 g/mol. The Balaban J connectivity index is 1.68. The van der Waals surface area contributed by atoms with Crippen LogP contribution >= 0.6 is 0 Å². The highest BCUT2D eigenvalue weighted by molar-refractivity contribution is 5.89. The zero-order valence-electron chi connectivity index (χ0n) is 16.4. The van der Waals surface area contributed by atoms with Gasteiger partial charge in [-0.1, -0.05) is 43.3 Å². The SMILES string of the molecule is C[C@H](c1c[nH]c2ccccc12)[C@@H](c1cn2c3c(cccc13)CCC2)C(O)NC=O. The van der Waals surface area contributed by atoms with Gasteiger partial charge in [0.1, 0.15) is 6.23 Å². The van der Waals surface area contributed by atoms with Crippen LogP contribution in [0.15, 0.2) is 54.9 Å². The molecule has 0 bridgehead atoms. The highest BCUT2D eigenvalue weighted by atomic mass is 16.3. The van der Waals surface area contributed by atoms with Gasteiger partial charge in [0.15, 0.2) is 0 Å². The number of rotatable bonds is 6. The van der Waals surface area contributed by atoms with Crippen LogP contribution in [-0.4, -0.2) is 27.3 Å². The third-order valence-corrected chi connectivity index (χ3v) is 6.45. The number of aromatic amines is 1. The molecule has 5 nitrogen and oxygen atoms in total. The smallest absolute Gasteiger partial charge is 0.209 e. The molecule has 0 aliphatic carbocycles. The standard InChI is InChI=1S/C24H25N3O2/c1-15(19-12-25-21-10-3-2-8-17(19)21)22(24(29)26-14-28)20-13-27-11-5-7-16-6-4-9-18(20)23(16)27/h2-4,6,8-10,12-15,22,24-25,29H,5,7,11H2,1H3,(H,26,28)/t15-,22+,24?/m1/s1. The van der Waals surface area contributed by atoms with Crippen LogP contribution in [-0.2, 0) is 17.8 Å². The lowest BCUT2D eigenvalue weighted by molar-refractivity contribution is -0.112. The number of aliphatic hydroxyl groups is 1. The Labute approximate surface area is 169 Å². The quantitative estimate of drug-likeness (QED) is 0.345. The monoisotopic (exact) mass is 387 g/mol. The lowest BCUT2D eigenvalue weighted by Crippen LogP contribution is -2.36. The molecule has 29 heavy (non-hydrogen) atoms. The van der Waals surface area contributed by atoms with E-state index in [1.807, 2.05) is 18.3 Å². The van der Waals surface area contributed by atoms with Crippen molar-refractivity contribution in [2.24, 2.45) is 0 Å². The van der Waals surface area contributed by atoms with E-state index in [1.165, 1.54) is 16.5 Å². The van der Waals surface area contributed by atoms with Crippen molar-refractivity contribution < 1.29 is 9.90 Å². The van der Waals surface area contributed by atoms with Crippen LogP contribution in [0.5, 0.6) is 0 Å². The summed E-state index contributed by atoms with van der Waals surface area (Å²) in [6.07, 6.45) is 6.02. The number of carbonyl (C=O) groups excluding carboxylic acids is 1. The lowest BCUT2D eigenvalue weighted by atomic mass is 9.81. The Bertz CT molecular complexity index is 1190. The van der Waals surface area contributed by atoms with Crippen molar-refractivity contribution in [1.29, 1.82) is 0 Å². The zero-order valence-corrected chi connectivity index (χ0v) is 16.4. The largest absolute Gasteiger partial charge is 0.373 e. The van der Waals surface area contributed by atoms with E-state index in [-0.39, 0.29) is 11.8 Å². The first-order chi connectivity index (χ1) is 14.2. The molecule has 3 N–H and O–H groups in total. The van der Waals surface area contributed by atoms with Gasteiger partial charge in [-0.2, -0.15) is 0 Å². The molecule has 1 unspecified atom stereocenters. The summed E-state index contributed by atoms with van der Waals surface area (Å²) in [6.45, 7) is 3.11. The maximum Gasteiger partial charge on any atom is 0.209 e. The number of aryl methyl sites for hydroxylation is 2. The van der Waals surface area contributed by atoms with Gasteiger partial charge < -0.3 is 20.0 Å². The fourth-order valence-corrected chi connectivity index (χ4v) is 5.10. The summed E-state index contributed by atoms with van der Waals surface area (Å²) in [5, 5.41) is 15.9. The van der Waals surface area contributed by atoms with Crippen molar-refractivity contribution in [1.82, 2.24) is 14.9 Å². The molecule has 0 radical (unpaired) electrons.